The molecule has 23 heavy (non-hydrogen) atoms. The van der Waals surface area contributed by atoms with E-state index < -0.39 is 0 Å². The van der Waals surface area contributed by atoms with E-state index in [1.54, 1.807) is 29.6 Å². The van der Waals surface area contributed by atoms with Crippen LogP contribution < -0.4 is 10.6 Å². The molecule has 122 valence electrons. The summed E-state index contributed by atoms with van der Waals surface area (Å²) in [5, 5.41) is 9.15. The van der Waals surface area contributed by atoms with Gasteiger partial charge in [0.1, 0.15) is 5.82 Å². The number of halogens is 1. The fourth-order valence-electron chi connectivity index (χ4n) is 2.07. The molecule has 0 saturated carbocycles. The Morgan fingerprint density at radius 3 is 2.65 bits per heavy atom. The topological polar surface area (TPSA) is 58.2 Å². The minimum absolute atomic E-state index is 0.0916. The highest BCUT2D eigenvalue weighted by Gasteiger charge is 2.06. The summed E-state index contributed by atoms with van der Waals surface area (Å²) >= 11 is 1.47. The van der Waals surface area contributed by atoms with Crippen molar-refractivity contribution in [2.45, 2.75) is 19.3 Å². The Hall–Kier alpha value is -2.21. The number of rotatable bonds is 8. The van der Waals surface area contributed by atoms with E-state index in [2.05, 4.69) is 10.6 Å². The molecule has 4 nitrogen and oxygen atoms in total. The summed E-state index contributed by atoms with van der Waals surface area (Å²) in [6.45, 7) is 0.858. The summed E-state index contributed by atoms with van der Waals surface area (Å²) < 4.78 is 13.4. The first-order chi connectivity index (χ1) is 11.2. The Bertz CT molecular complexity index is 644. The first kappa shape index (κ1) is 17.1. The van der Waals surface area contributed by atoms with Gasteiger partial charge in [0.25, 0.3) is 5.91 Å². The van der Waals surface area contributed by atoms with E-state index in [0.717, 1.165) is 0 Å². The molecule has 0 aliphatic rings. The summed E-state index contributed by atoms with van der Waals surface area (Å²) in [6, 6.07) is 8.29. The van der Waals surface area contributed by atoms with Gasteiger partial charge < -0.3 is 10.6 Å². The largest absolute Gasteiger partial charge is 0.356 e. The van der Waals surface area contributed by atoms with Gasteiger partial charge in [0.2, 0.25) is 5.91 Å². The molecule has 2 amide bonds. The van der Waals surface area contributed by atoms with Crippen LogP contribution in [0.4, 0.5) is 4.39 Å². The summed E-state index contributed by atoms with van der Waals surface area (Å²) in [5.74, 6) is -0.463. The lowest BCUT2D eigenvalue weighted by Crippen LogP contribution is -2.28. The van der Waals surface area contributed by atoms with Crippen LogP contribution in [0.25, 0.3) is 0 Å². The second-order valence-electron chi connectivity index (χ2n) is 5.06. The smallest absolute Gasteiger partial charge is 0.252 e. The fraction of sp³-hybridized carbons (Fsp3) is 0.294. The fourth-order valence-corrected chi connectivity index (χ4v) is 2.71. The van der Waals surface area contributed by atoms with Gasteiger partial charge in [-0.1, -0.05) is 18.2 Å². The van der Waals surface area contributed by atoms with Gasteiger partial charge >= 0.3 is 0 Å². The molecule has 1 aromatic carbocycles. The monoisotopic (exact) mass is 334 g/mol. The molecule has 1 heterocycles. The zero-order valence-electron chi connectivity index (χ0n) is 12.7. The zero-order chi connectivity index (χ0) is 16.5. The number of amides is 2. The second kappa shape index (κ2) is 9.05. The Morgan fingerprint density at radius 1 is 1.09 bits per heavy atom. The molecule has 2 N–H and O–H groups in total. The number of benzene rings is 1. The molecule has 0 aliphatic heterocycles. The molecule has 0 aliphatic carbocycles. The van der Waals surface area contributed by atoms with Gasteiger partial charge in [0, 0.05) is 30.5 Å². The van der Waals surface area contributed by atoms with E-state index in [-0.39, 0.29) is 17.6 Å². The van der Waals surface area contributed by atoms with E-state index in [1.165, 1.54) is 17.4 Å². The normalized spacial score (nSPS) is 10.3. The Kier molecular flexibility index (Phi) is 6.75. The molecule has 0 atom stereocenters. The molecule has 0 spiro atoms. The molecule has 2 aromatic rings. The lowest BCUT2D eigenvalue weighted by Gasteiger charge is -2.07. The Balaban J connectivity index is 1.57. The maximum atomic E-state index is 13.4. The van der Waals surface area contributed by atoms with Crippen molar-refractivity contribution in [3.8, 4) is 0 Å². The number of nitrogens with one attached hydrogen (secondary N) is 2. The highest BCUT2D eigenvalue weighted by atomic mass is 32.1. The molecule has 6 heteroatoms. The summed E-state index contributed by atoms with van der Waals surface area (Å²) in [4.78, 5) is 23.3. The van der Waals surface area contributed by atoms with Gasteiger partial charge in [-0.3, -0.25) is 9.59 Å². The predicted molar refractivity (Wildman–Crippen MR) is 89.0 cm³/mol. The molecule has 0 unspecified atom stereocenters. The van der Waals surface area contributed by atoms with Crippen molar-refractivity contribution in [3.63, 3.8) is 0 Å². The van der Waals surface area contributed by atoms with E-state index >= 15 is 0 Å². The number of carbonyl (C=O) groups excluding carboxylic acids is 2. The first-order valence-corrected chi connectivity index (χ1v) is 8.41. The summed E-state index contributed by atoms with van der Waals surface area (Å²) in [5.41, 5.74) is 1.24. The number of thiophene rings is 1. The minimum Gasteiger partial charge on any atom is -0.356 e. The van der Waals surface area contributed by atoms with E-state index in [4.69, 9.17) is 0 Å². The van der Waals surface area contributed by atoms with Crippen LogP contribution in [0.5, 0.6) is 0 Å². The second-order valence-corrected chi connectivity index (χ2v) is 5.84. The van der Waals surface area contributed by atoms with Crippen LogP contribution >= 0.6 is 11.3 Å². The van der Waals surface area contributed by atoms with Crippen molar-refractivity contribution in [3.05, 3.63) is 58.0 Å². The minimum atomic E-state index is -0.252. The van der Waals surface area contributed by atoms with Crippen LogP contribution in [0.15, 0.2) is 41.1 Å². The number of carbonyl (C=O) groups is 2. The van der Waals surface area contributed by atoms with Crippen LogP contribution in [0.2, 0.25) is 0 Å². The van der Waals surface area contributed by atoms with Gasteiger partial charge in [0.05, 0.1) is 0 Å². The number of hydrogen-bond donors (Lipinski definition) is 2. The van der Waals surface area contributed by atoms with Crippen molar-refractivity contribution in [2.24, 2.45) is 0 Å². The summed E-state index contributed by atoms with van der Waals surface area (Å²) in [7, 11) is 0. The Morgan fingerprint density at radius 2 is 1.91 bits per heavy atom. The third-order valence-corrected chi connectivity index (χ3v) is 4.01. The van der Waals surface area contributed by atoms with E-state index in [1.807, 2.05) is 5.38 Å². The highest BCUT2D eigenvalue weighted by molar-refractivity contribution is 7.08. The molecule has 2 rings (SSSR count). The first-order valence-electron chi connectivity index (χ1n) is 7.47. The molecule has 1 aromatic heterocycles. The van der Waals surface area contributed by atoms with Gasteiger partial charge in [-0.05, 0) is 35.9 Å². The average Bonchev–Trinajstić information content (AvgIpc) is 3.08. The van der Waals surface area contributed by atoms with Crippen LogP contribution in [0, 0.1) is 5.82 Å². The average molecular weight is 334 g/mol. The van der Waals surface area contributed by atoms with Crippen LogP contribution in [0.3, 0.4) is 0 Å². The lowest BCUT2D eigenvalue weighted by atomic mass is 10.1. The predicted octanol–water partition coefficient (Wildman–Crippen LogP) is 2.76. The molecular weight excluding hydrogens is 315 g/mol. The molecule has 0 bridgehead atoms. The molecule has 0 radical (unpaired) electrons. The van der Waals surface area contributed by atoms with Crippen molar-refractivity contribution >= 4 is 23.2 Å². The Labute approximate surface area is 138 Å². The van der Waals surface area contributed by atoms with Gasteiger partial charge in [0.15, 0.2) is 0 Å². The maximum Gasteiger partial charge on any atom is 0.252 e. The van der Waals surface area contributed by atoms with Crippen molar-refractivity contribution in [2.75, 3.05) is 13.1 Å². The lowest BCUT2D eigenvalue weighted by molar-refractivity contribution is -0.121. The molecule has 0 fully saturated rings. The third kappa shape index (κ3) is 5.83. The van der Waals surface area contributed by atoms with Crippen LogP contribution in [-0.2, 0) is 11.2 Å². The quantitative estimate of drug-likeness (QED) is 0.729. The zero-order valence-corrected chi connectivity index (χ0v) is 13.5. The highest BCUT2D eigenvalue weighted by Crippen LogP contribution is 2.06. The summed E-state index contributed by atoms with van der Waals surface area (Å²) in [6.07, 6.45) is 1.37. The van der Waals surface area contributed by atoms with Crippen LogP contribution in [0.1, 0.15) is 28.8 Å². The van der Waals surface area contributed by atoms with E-state index in [9.17, 15) is 14.0 Å². The van der Waals surface area contributed by atoms with Gasteiger partial charge in [-0.15, -0.1) is 0 Å². The van der Waals surface area contributed by atoms with Crippen molar-refractivity contribution in [1.82, 2.24) is 10.6 Å². The van der Waals surface area contributed by atoms with Gasteiger partial charge in [-0.25, -0.2) is 4.39 Å². The SMILES string of the molecule is O=C(CCCNC(=O)c1ccsc1)NCCc1ccccc1F. The standard InChI is InChI=1S/C17H19FN2O2S/c18-15-5-2-1-4-13(15)7-10-19-16(21)6-3-9-20-17(22)14-8-11-23-12-14/h1-2,4-5,8,11-12H,3,6-7,9-10H2,(H,19,21)(H,20,22). The molecule has 0 saturated heterocycles. The van der Waals surface area contributed by atoms with Crippen molar-refractivity contribution in [1.29, 1.82) is 0 Å². The maximum absolute atomic E-state index is 13.4. The van der Waals surface area contributed by atoms with E-state index in [0.29, 0.717) is 43.5 Å². The van der Waals surface area contributed by atoms with Crippen molar-refractivity contribution < 1.29 is 14.0 Å². The number of hydrogen-bond acceptors (Lipinski definition) is 3. The van der Waals surface area contributed by atoms with Crippen LogP contribution in [-0.4, -0.2) is 24.9 Å². The third-order valence-electron chi connectivity index (χ3n) is 3.32. The van der Waals surface area contributed by atoms with Gasteiger partial charge in [-0.2, -0.15) is 11.3 Å². The molecular formula is C17H19FN2O2S.